The van der Waals surface area contributed by atoms with E-state index in [1.165, 1.54) is 11.6 Å². The summed E-state index contributed by atoms with van der Waals surface area (Å²) in [5.74, 6) is 0.460. The van der Waals surface area contributed by atoms with E-state index in [1.54, 1.807) is 25.3 Å². The van der Waals surface area contributed by atoms with Crippen LogP contribution in [0.2, 0.25) is 0 Å². The molecule has 2 aromatic carbocycles. The number of rotatable bonds is 8. The van der Waals surface area contributed by atoms with E-state index in [0.29, 0.717) is 5.75 Å². The van der Waals surface area contributed by atoms with E-state index in [-0.39, 0.29) is 6.61 Å². The van der Waals surface area contributed by atoms with Crippen LogP contribution in [0.15, 0.2) is 54.6 Å². The minimum Gasteiger partial charge on any atom is -0.497 e. The van der Waals surface area contributed by atoms with E-state index in [2.05, 4.69) is 17.8 Å². The monoisotopic (exact) mass is 368 g/mol. The first-order valence-corrected chi connectivity index (χ1v) is 8.73. The lowest BCUT2D eigenvalue weighted by molar-refractivity contribution is -0.128. The number of benzene rings is 2. The maximum atomic E-state index is 11.7. The molecule has 6 heteroatoms. The van der Waals surface area contributed by atoms with E-state index in [4.69, 9.17) is 9.47 Å². The van der Waals surface area contributed by atoms with Gasteiger partial charge in [-0.1, -0.05) is 37.6 Å². The number of hydrogen-bond donors (Lipinski definition) is 2. The summed E-state index contributed by atoms with van der Waals surface area (Å²) in [5.41, 5.74) is 6.68. The summed E-state index contributed by atoms with van der Waals surface area (Å²) in [6, 6.07) is 14.8. The maximum absolute atomic E-state index is 11.7. The molecule has 0 radical (unpaired) electrons. The Morgan fingerprint density at radius 1 is 0.963 bits per heavy atom. The molecule has 0 saturated carbocycles. The molecule has 0 aliphatic rings. The third-order valence-electron chi connectivity index (χ3n) is 3.70. The summed E-state index contributed by atoms with van der Waals surface area (Å²) in [7, 11) is 1.59. The van der Waals surface area contributed by atoms with Gasteiger partial charge in [0.25, 0.3) is 11.8 Å². The van der Waals surface area contributed by atoms with Crippen molar-refractivity contribution < 1.29 is 19.1 Å². The van der Waals surface area contributed by atoms with E-state index in [9.17, 15) is 9.59 Å². The lowest BCUT2D eigenvalue weighted by Gasteiger charge is -2.08. The van der Waals surface area contributed by atoms with Crippen LogP contribution >= 0.6 is 0 Å². The number of carbonyl (C=O) groups is 2. The molecular formula is C21H24N2O4. The summed E-state index contributed by atoms with van der Waals surface area (Å²) in [4.78, 5) is 23.5. The van der Waals surface area contributed by atoms with Crippen molar-refractivity contribution in [2.45, 2.75) is 19.8 Å². The predicted molar refractivity (Wildman–Crippen MR) is 104 cm³/mol. The number of methoxy groups -OCH3 is 1. The summed E-state index contributed by atoms with van der Waals surface area (Å²) in [5, 5.41) is 0. The Morgan fingerprint density at radius 3 is 2.26 bits per heavy atom. The van der Waals surface area contributed by atoms with Crippen molar-refractivity contribution >= 4 is 17.9 Å². The van der Waals surface area contributed by atoms with Crippen molar-refractivity contribution in [1.82, 2.24) is 10.9 Å². The van der Waals surface area contributed by atoms with Gasteiger partial charge < -0.3 is 9.47 Å². The van der Waals surface area contributed by atoms with Gasteiger partial charge in [-0.25, -0.2) is 0 Å². The number of hydrogen-bond acceptors (Lipinski definition) is 4. The standard InChI is InChI=1S/C21H24N2O4/c1-3-4-16-7-12-19(13-8-16)27-15-21(25)23-22-20(24)14-9-17-5-10-18(26-2)11-6-17/h5-14H,3-4,15H2,1-2H3,(H,22,24)(H,23,25)/b14-9-. The maximum Gasteiger partial charge on any atom is 0.276 e. The van der Waals surface area contributed by atoms with Gasteiger partial charge >= 0.3 is 0 Å². The Bertz CT molecular complexity index is 768. The van der Waals surface area contributed by atoms with Crippen molar-refractivity contribution in [3.05, 3.63) is 65.7 Å². The molecule has 0 aromatic heterocycles. The molecule has 0 aliphatic heterocycles. The fourth-order valence-corrected chi connectivity index (χ4v) is 2.29. The first kappa shape index (κ1) is 20.0. The largest absolute Gasteiger partial charge is 0.497 e. The Morgan fingerprint density at radius 2 is 1.63 bits per heavy atom. The van der Waals surface area contributed by atoms with Gasteiger partial charge in [0.1, 0.15) is 11.5 Å². The fourth-order valence-electron chi connectivity index (χ4n) is 2.29. The Kier molecular flexibility index (Phi) is 7.91. The highest BCUT2D eigenvalue weighted by Gasteiger charge is 2.04. The number of hydrazine groups is 1. The molecule has 142 valence electrons. The second-order valence-corrected chi connectivity index (χ2v) is 5.83. The van der Waals surface area contributed by atoms with Gasteiger partial charge in [0, 0.05) is 6.08 Å². The van der Waals surface area contributed by atoms with Crippen molar-refractivity contribution in [1.29, 1.82) is 0 Å². The zero-order valence-electron chi connectivity index (χ0n) is 15.5. The van der Waals surface area contributed by atoms with Gasteiger partial charge in [0.05, 0.1) is 7.11 Å². The molecule has 0 aliphatic carbocycles. The van der Waals surface area contributed by atoms with Crippen molar-refractivity contribution in [2.75, 3.05) is 13.7 Å². The molecule has 27 heavy (non-hydrogen) atoms. The lowest BCUT2D eigenvalue weighted by atomic mass is 10.1. The second kappa shape index (κ2) is 10.7. The van der Waals surface area contributed by atoms with E-state index in [1.807, 2.05) is 36.4 Å². The average Bonchev–Trinajstić information content (AvgIpc) is 2.70. The normalized spacial score (nSPS) is 10.4. The molecule has 0 saturated heterocycles. The molecule has 0 unspecified atom stereocenters. The van der Waals surface area contributed by atoms with Crippen LogP contribution in [-0.2, 0) is 16.0 Å². The number of nitrogens with one attached hydrogen (secondary N) is 2. The van der Waals surface area contributed by atoms with Crippen LogP contribution in [-0.4, -0.2) is 25.5 Å². The van der Waals surface area contributed by atoms with Gasteiger partial charge in [0.2, 0.25) is 0 Å². The van der Waals surface area contributed by atoms with Crippen LogP contribution in [0.25, 0.3) is 6.08 Å². The zero-order valence-corrected chi connectivity index (χ0v) is 15.5. The van der Waals surface area contributed by atoms with Gasteiger partial charge in [-0.15, -0.1) is 0 Å². The highest BCUT2D eigenvalue weighted by Crippen LogP contribution is 2.13. The number of aryl methyl sites for hydroxylation is 1. The Hall–Kier alpha value is -3.28. The smallest absolute Gasteiger partial charge is 0.276 e. The molecule has 6 nitrogen and oxygen atoms in total. The molecular weight excluding hydrogens is 344 g/mol. The van der Waals surface area contributed by atoms with Gasteiger partial charge in [-0.05, 0) is 47.9 Å². The molecule has 0 fully saturated rings. The van der Waals surface area contributed by atoms with Gasteiger partial charge in [0.15, 0.2) is 6.61 Å². The summed E-state index contributed by atoms with van der Waals surface area (Å²) < 4.78 is 10.5. The van der Waals surface area contributed by atoms with Gasteiger partial charge in [-0.3, -0.25) is 20.4 Å². The zero-order chi connectivity index (χ0) is 19.5. The predicted octanol–water partition coefficient (Wildman–Crippen LogP) is 2.89. The molecule has 2 N–H and O–H groups in total. The minimum atomic E-state index is -0.446. The molecule has 2 amide bonds. The van der Waals surface area contributed by atoms with Crippen LogP contribution in [0.4, 0.5) is 0 Å². The molecule has 0 bridgehead atoms. The van der Waals surface area contributed by atoms with Crippen LogP contribution in [0.1, 0.15) is 24.5 Å². The third-order valence-corrected chi connectivity index (χ3v) is 3.70. The third kappa shape index (κ3) is 7.23. The van der Waals surface area contributed by atoms with Crippen LogP contribution < -0.4 is 20.3 Å². The molecule has 0 heterocycles. The highest BCUT2D eigenvalue weighted by atomic mass is 16.5. The minimum absolute atomic E-state index is 0.185. The molecule has 0 spiro atoms. The average molecular weight is 368 g/mol. The van der Waals surface area contributed by atoms with E-state index in [0.717, 1.165) is 24.2 Å². The number of ether oxygens (including phenoxy) is 2. The highest BCUT2D eigenvalue weighted by molar-refractivity contribution is 5.93. The summed E-state index contributed by atoms with van der Waals surface area (Å²) >= 11 is 0. The summed E-state index contributed by atoms with van der Waals surface area (Å²) in [6.07, 6.45) is 5.05. The topological polar surface area (TPSA) is 76.7 Å². The molecule has 2 rings (SSSR count). The van der Waals surface area contributed by atoms with Crippen molar-refractivity contribution in [3.8, 4) is 11.5 Å². The molecule has 2 aromatic rings. The van der Waals surface area contributed by atoms with E-state index >= 15 is 0 Å². The van der Waals surface area contributed by atoms with Crippen molar-refractivity contribution in [3.63, 3.8) is 0 Å². The first-order chi connectivity index (χ1) is 13.1. The van der Waals surface area contributed by atoms with E-state index < -0.39 is 11.8 Å². The Labute approximate surface area is 159 Å². The van der Waals surface area contributed by atoms with Crippen LogP contribution in [0.3, 0.4) is 0 Å². The summed E-state index contributed by atoms with van der Waals surface area (Å²) in [6.45, 7) is 1.94. The van der Waals surface area contributed by atoms with Crippen molar-refractivity contribution in [2.24, 2.45) is 0 Å². The SMILES string of the molecule is CCCc1ccc(OCC(=O)NNC(=O)/C=C\c2ccc(OC)cc2)cc1. The quantitative estimate of drug-likeness (QED) is 0.555. The van der Waals surface area contributed by atoms with Crippen LogP contribution in [0, 0.1) is 0 Å². The number of amides is 2. The van der Waals surface area contributed by atoms with Crippen LogP contribution in [0.5, 0.6) is 11.5 Å². The number of carbonyl (C=O) groups excluding carboxylic acids is 2. The second-order valence-electron chi connectivity index (χ2n) is 5.83. The fraction of sp³-hybridized carbons (Fsp3) is 0.238. The lowest BCUT2D eigenvalue weighted by Crippen LogP contribution is -2.43. The first-order valence-electron chi connectivity index (χ1n) is 8.73. The molecule has 0 atom stereocenters. The van der Waals surface area contributed by atoms with Gasteiger partial charge in [-0.2, -0.15) is 0 Å². The Balaban J connectivity index is 1.70.